The summed E-state index contributed by atoms with van der Waals surface area (Å²) < 4.78 is 0. The third kappa shape index (κ3) is 4.84. The number of urea groups is 1. The van der Waals surface area contributed by atoms with Crippen LogP contribution in [0.15, 0.2) is 54.6 Å². The number of carbonyl (C=O) groups excluding carboxylic acids is 3. The summed E-state index contributed by atoms with van der Waals surface area (Å²) >= 11 is 0. The predicted molar refractivity (Wildman–Crippen MR) is 91.6 cm³/mol. The Balaban J connectivity index is 2.02. The van der Waals surface area contributed by atoms with Crippen LogP contribution in [0.4, 0.5) is 16.2 Å². The Labute approximate surface area is 139 Å². The van der Waals surface area contributed by atoms with Crippen molar-refractivity contribution >= 4 is 29.2 Å². The maximum atomic E-state index is 12.1. The van der Waals surface area contributed by atoms with Gasteiger partial charge in [-0.3, -0.25) is 14.9 Å². The molecule has 0 heterocycles. The summed E-state index contributed by atoms with van der Waals surface area (Å²) in [5, 5.41) is 7.71. The molecule has 0 fully saturated rings. The van der Waals surface area contributed by atoms with E-state index in [2.05, 4.69) is 10.6 Å². The molecule has 0 spiro atoms. The quantitative estimate of drug-likeness (QED) is 0.672. The van der Waals surface area contributed by atoms with E-state index in [1.165, 1.54) is 0 Å². The first kappa shape index (κ1) is 17.0. The minimum atomic E-state index is -0.905. The van der Waals surface area contributed by atoms with Crippen molar-refractivity contribution in [3.05, 3.63) is 60.2 Å². The molecular weight excluding hydrogens is 308 g/mol. The lowest BCUT2D eigenvalue weighted by Gasteiger charge is -2.15. The summed E-state index contributed by atoms with van der Waals surface area (Å²) in [6, 6.07) is 14.2. The van der Waals surface area contributed by atoms with E-state index in [-0.39, 0.29) is 5.91 Å². The Morgan fingerprint density at radius 3 is 2.29 bits per heavy atom. The van der Waals surface area contributed by atoms with Crippen LogP contribution in [-0.4, -0.2) is 23.9 Å². The van der Waals surface area contributed by atoms with E-state index < -0.39 is 18.0 Å². The van der Waals surface area contributed by atoms with Crippen LogP contribution >= 0.6 is 0 Å². The van der Waals surface area contributed by atoms with Crippen LogP contribution in [0.1, 0.15) is 17.3 Å². The van der Waals surface area contributed by atoms with Crippen molar-refractivity contribution < 1.29 is 14.4 Å². The predicted octanol–water partition coefficient (Wildman–Crippen LogP) is 1.93. The smallest absolute Gasteiger partial charge is 0.318 e. The van der Waals surface area contributed by atoms with Crippen molar-refractivity contribution in [3.63, 3.8) is 0 Å². The third-order valence-corrected chi connectivity index (χ3v) is 3.18. The second-order valence-electron chi connectivity index (χ2n) is 5.12. The molecule has 7 heteroatoms. The summed E-state index contributed by atoms with van der Waals surface area (Å²) in [6.45, 7) is 1.59. The van der Waals surface area contributed by atoms with Gasteiger partial charge < -0.3 is 16.4 Å². The number of primary amides is 1. The molecule has 4 amide bonds. The van der Waals surface area contributed by atoms with Gasteiger partial charge in [-0.15, -0.1) is 0 Å². The second kappa shape index (κ2) is 7.77. The highest BCUT2D eigenvalue weighted by Crippen LogP contribution is 2.17. The van der Waals surface area contributed by atoms with E-state index in [4.69, 9.17) is 5.73 Å². The zero-order valence-electron chi connectivity index (χ0n) is 13.1. The topological polar surface area (TPSA) is 113 Å². The number of benzene rings is 2. The number of hydrogen-bond donors (Lipinski definition) is 4. The molecule has 1 unspecified atom stereocenters. The molecule has 0 saturated carbocycles. The molecule has 0 aliphatic heterocycles. The van der Waals surface area contributed by atoms with E-state index in [9.17, 15) is 14.4 Å². The summed E-state index contributed by atoms with van der Waals surface area (Å²) in [7, 11) is 0. The second-order valence-corrected chi connectivity index (χ2v) is 5.12. The maximum absolute atomic E-state index is 12.1. The van der Waals surface area contributed by atoms with Gasteiger partial charge in [0.1, 0.15) is 6.04 Å². The summed E-state index contributed by atoms with van der Waals surface area (Å²) in [5.74, 6) is -0.770. The van der Waals surface area contributed by atoms with Crippen LogP contribution in [0.3, 0.4) is 0 Å². The highest BCUT2D eigenvalue weighted by molar-refractivity contribution is 6.04. The highest BCUT2D eigenvalue weighted by Gasteiger charge is 2.14. The molecule has 1 atom stereocenters. The first-order chi connectivity index (χ1) is 11.5. The zero-order chi connectivity index (χ0) is 17.5. The lowest BCUT2D eigenvalue weighted by Crippen LogP contribution is -2.43. The Hall–Kier alpha value is -3.35. The molecule has 124 valence electrons. The SMILES string of the molecule is CC(Nc1cccc(NC(=O)c2ccccc2)c1)C(=O)NC(N)=O. The van der Waals surface area contributed by atoms with Gasteiger partial charge in [0.05, 0.1) is 0 Å². The fraction of sp³-hybridized carbons (Fsp3) is 0.118. The number of imide groups is 1. The van der Waals surface area contributed by atoms with Gasteiger partial charge in [-0.25, -0.2) is 4.79 Å². The molecule has 0 aromatic heterocycles. The van der Waals surface area contributed by atoms with Gasteiger partial charge in [0, 0.05) is 16.9 Å². The molecule has 0 saturated heterocycles. The van der Waals surface area contributed by atoms with Crippen LogP contribution in [0, 0.1) is 0 Å². The summed E-state index contributed by atoms with van der Waals surface area (Å²) in [6.07, 6.45) is 0. The molecule has 0 aliphatic carbocycles. The number of nitrogens with one attached hydrogen (secondary N) is 3. The molecule has 0 bridgehead atoms. The summed E-state index contributed by atoms with van der Waals surface area (Å²) in [4.78, 5) is 34.5. The lowest BCUT2D eigenvalue weighted by atomic mass is 10.2. The van der Waals surface area contributed by atoms with Crippen LogP contribution in [-0.2, 0) is 4.79 Å². The van der Waals surface area contributed by atoms with Crippen molar-refractivity contribution in [1.29, 1.82) is 0 Å². The zero-order valence-corrected chi connectivity index (χ0v) is 13.1. The van der Waals surface area contributed by atoms with E-state index in [1.54, 1.807) is 55.5 Å². The van der Waals surface area contributed by atoms with Crippen molar-refractivity contribution in [1.82, 2.24) is 5.32 Å². The van der Waals surface area contributed by atoms with Crippen LogP contribution in [0.5, 0.6) is 0 Å². The van der Waals surface area contributed by atoms with Crippen molar-refractivity contribution in [3.8, 4) is 0 Å². The normalized spacial score (nSPS) is 11.2. The largest absolute Gasteiger partial charge is 0.374 e. The van der Waals surface area contributed by atoms with Crippen LogP contribution in [0.25, 0.3) is 0 Å². The first-order valence-corrected chi connectivity index (χ1v) is 7.29. The lowest BCUT2D eigenvalue weighted by molar-refractivity contribution is -0.120. The minimum Gasteiger partial charge on any atom is -0.374 e. The van der Waals surface area contributed by atoms with E-state index in [0.717, 1.165) is 0 Å². The number of anilines is 2. The van der Waals surface area contributed by atoms with Crippen molar-refractivity contribution in [2.45, 2.75) is 13.0 Å². The number of hydrogen-bond acceptors (Lipinski definition) is 4. The van der Waals surface area contributed by atoms with Crippen LogP contribution < -0.4 is 21.7 Å². The molecular formula is C17H18N4O3. The average Bonchev–Trinajstić information content (AvgIpc) is 2.55. The Morgan fingerprint density at radius 2 is 1.62 bits per heavy atom. The Kier molecular flexibility index (Phi) is 5.51. The number of rotatable bonds is 5. The molecule has 0 radical (unpaired) electrons. The molecule has 2 aromatic rings. The Bertz CT molecular complexity index is 747. The minimum absolute atomic E-state index is 0.229. The van der Waals surface area contributed by atoms with Gasteiger partial charge in [0.15, 0.2) is 0 Å². The van der Waals surface area contributed by atoms with Gasteiger partial charge >= 0.3 is 6.03 Å². The standard InChI is InChI=1S/C17H18N4O3/c1-11(15(22)21-17(18)24)19-13-8-5-9-14(10-13)20-16(23)12-6-3-2-4-7-12/h2-11,19H,1H3,(H,20,23)(H3,18,21,22,24). The molecule has 2 aromatic carbocycles. The van der Waals surface area contributed by atoms with E-state index >= 15 is 0 Å². The monoisotopic (exact) mass is 326 g/mol. The molecule has 0 aliphatic rings. The molecule has 2 rings (SSSR count). The van der Waals surface area contributed by atoms with Gasteiger partial charge in [-0.2, -0.15) is 0 Å². The van der Waals surface area contributed by atoms with Crippen LogP contribution in [0.2, 0.25) is 0 Å². The van der Waals surface area contributed by atoms with Crippen molar-refractivity contribution in [2.75, 3.05) is 10.6 Å². The van der Waals surface area contributed by atoms with E-state index in [1.807, 2.05) is 11.4 Å². The number of amides is 4. The van der Waals surface area contributed by atoms with Gasteiger partial charge in [0.25, 0.3) is 5.91 Å². The number of nitrogens with two attached hydrogens (primary N) is 1. The summed E-state index contributed by atoms with van der Waals surface area (Å²) in [5.41, 5.74) is 6.66. The van der Waals surface area contributed by atoms with Crippen molar-refractivity contribution in [2.24, 2.45) is 5.73 Å². The molecule has 5 N–H and O–H groups in total. The van der Waals surface area contributed by atoms with Gasteiger partial charge in [0.2, 0.25) is 5.91 Å². The van der Waals surface area contributed by atoms with Gasteiger partial charge in [-0.05, 0) is 37.3 Å². The fourth-order valence-electron chi connectivity index (χ4n) is 2.02. The first-order valence-electron chi connectivity index (χ1n) is 7.29. The fourth-order valence-corrected chi connectivity index (χ4v) is 2.02. The van der Waals surface area contributed by atoms with E-state index in [0.29, 0.717) is 16.9 Å². The van der Waals surface area contributed by atoms with Gasteiger partial charge in [-0.1, -0.05) is 24.3 Å². The number of carbonyl (C=O) groups is 3. The average molecular weight is 326 g/mol. The molecule has 7 nitrogen and oxygen atoms in total. The Morgan fingerprint density at radius 1 is 0.958 bits per heavy atom. The third-order valence-electron chi connectivity index (χ3n) is 3.18. The highest BCUT2D eigenvalue weighted by atomic mass is 16.2. The molecule has 24 heavy (non-hydrogen) atoms. The maximum Gasteiger partial charge on any atom is 0.318 e.